The highest BCUT2D eigenvalue weighted by atomic mass is 16.2. The van der Waals surface area contributed by atoms with Gasteiger partial charge < -0.3 is 9.80 Å². The molecule has 4 rings (SSSR count). The van der Waals surface area contributed by atoms with Gasteiger partial charge in [0.15, 0.2) is 0 Å². The average Bonchev–Trinajstić information content (AvgIpc) is 3.04. The van der Waals surface area contributed by atoms with Crippen molar-refractivity contribution in [1.82, 2.24) is 14.9 Å². The van der Waals surface area contributed by atoms with Crippen LogP contribution in [-0.2, 0) is 4.79 Å². The van der Waals surface area contributed by atoms with Crippen LogP contribution in [0.15, 0.2) is 18.5 Å². The van der Waals surface area contributed by atoms with E-state index in [0.29, 0.717) is 17.3 Å². The number of hydrogen-bond donors (Lipinski definition) is 0. The Balaban J connectivity index is 1.48. The lowest BCUT2D eigenvalue weighted by molar-refractivity contribution is -0.136. The highest BCUT2D eigenvalue weighted by Gasteiger charge is 2.41. The van der Waals surface area contributed by atoms with Crippen molar-refractivity contribution in [3.8, 4) is 0 Å². The normalized spacial score (nSPS) is 26.6. The predicted molar refractivity (Wildman–Crippen MR) is 98.3 cm³/mol. The fourth-order valence-corrected chi connectivity index (χ4v) is 5.20. The molecule has 1 amide bonds. The van der Waals surface area contributed by atoms with Crippen molar-refractivity contribution in [1.29, 1.82) is 0 Å². The summed E-state index contributed by atoms with van der Waals surface area (Å²) >= 11 is 0. The number of anilines is 1. The van der Waals surface area contributed by atoms with Gasteiger partial charge in [-0.3, -0.25) is 4.79 Å². The van der Waals surface area contributed by atoms with Gasteiger partial charge in [-0.2, -0.15) is 0 Å². The third-order valence-electron chi connectivity index (χ3n) is 6.48. The number of likely N-dealkylation sites (tertiary alicyclic amines) is 1. The number of nitrogens with zero attached hydrogens (tertiary/aromatic N) is 4. The van der Waals surface area contributed by atoms with E-state index in [2.05, 4.69) is 19.8 Å². The molecule has 0 bridgehead atoms. The van der Waals surface area contributed by atoms with Crippen LogP contribution in [0.25, 0.3) is 0 Å². The second-order valence-corrected chi connectivity index (χ2v) is 8.18. The van der Waals surface area contributed by atoms with Gasteiger partial charge in [-0.25, -0.2) is 9.97 Å². The smallest absolute Gasteiger partial charge is 0.245 e. The van der Waals surface area contributed by atoms with Crippen molar-refractivity contribution in [2.24, 2.45) is 5.41 Å². The molecule has 0 radical (unpaired) electrons. The van der Waals surface area contributed by atoms with E-state index in [9.17, 15) is 4.79 Å². The van der Waals surface area contributed by atoms with Crippen LogP contribution in [0.1, 0.15) is 64.2 Å². The molecule has 5 heteroatoms. The summed E-state index contributed by atoms with van der Waals surface area (Å²) in [7, 11) is 0. The van der Waals surface area contributed by atoms with E-state index in [4.69, 9.17) is 0 Å². The quantitative estimate of drug-likeness (QED) is 0.826. The van der Waals surface area contributed by atoms with Gasteiger partial charge >= 0.3 is 0 Å². The zero-order valence-electron chi connectivity index (χ0n) is 15.2. The largest absolute Gasteiger partial charge is 0.340 e. The van der Waals surface area contributed by atoms with Crippen LogP contribution in [-0.4, -0.2) is 46.5 Å². The lowest BCUT2D eigenvalue weighted by Gasteiger charge is -2.44. The Labute approximate surface area is 150 Å². The first kappa shape index (κ1) is 16.8. The Morgan fingerprint density at radius 1 is 0.960 bits per heavy atom. The molecule has 1 unspecified atom stereocenters. The van der Waals surface area contributed by atoms with Gasteiger partial charge in [-0.1, -0.05) is 25.7 Å². The second-order valence-electron chi connectivity index (χ2n) is 8.18. The zero-order chi connectivity index (χ0) is 17.1. The number of carbonyl (C=O) groups is 1. The van der Waals surface area contributed by atoms with Crippen molar-refractivity contribution >= 4 is 11.9 Å². The SMILES string of the molecule is O=C(C1CCCN1c1ncccn1)N1CCCC2(CCCCCC2)C1. The molecule has 3 fully saturated rings. The Kier molecular flexibility index (Phi) is 4.91. The minimum absolute atomic E-state index is 0.0664. The molecular weight excluding hydrogens is 312 g/mol. The van der Waals surface area contributed by atoms with Crippen LogP contribution in [0.4, 0.5) is 5.95 Å². The van der Waals surface area contributed by atoms with Crippen molar-refractivity contribution in [3.63, 3.8) is 0 Å². The Bertz CT molecular complexity index is 583. The topological polar surface area (TPSA) is 49.3 Å². The van der Waals surface area contributed by atoms with Gasteiger partial charge in [0.05, 0.1) is 0 Å². The maximum absolute atomic E-state index is 13.3. The Morgan fingerprint density at radius 3 is 2.44 bits per heavy atom. The van der Waals surface area contributed by atoms with E-state index in [0.717, 1.165) is 32.5 Å². The maximum atomic E-state index is 13.3. The predicted octanol–water partition coefficient (Wildman–Crippen LogP) is 3.41. The molecule has 0 N–H and O–H groups in total. The maximum Gasteiger partial charge on any atom is 0.245 e. The van der Waals surface area contributed by atoms with Crippen LogP contribution in [0.2, 0.25) is 0 Å². The molecule has 0 aromatic carbocycles. The van der Waals surface area contributed by atoms with Crippen molar-refractivity contribution < 1.29 is 4.79 Å². The molecular formula is C20H30N4O. The van der Waals surface area contributed by atoms with Gasteiger partial charge in [-0.15, -0.1) is 0 Å². The first-order valence-corrected chi connectivity index (χ1v) is 10.1. The summed E-state index contributed by atoms with van der Waals surface area (Å²) in [5, 5.41) is 0. The van der Waals surface area contributed by atoms with E-state index < -0.39 is 0 Å². The third kappa shape index (κ3) is 3.51. The van der Waals surface area contributed by atoms with Crippen LogP contribution in [0, 0.1) is 5.41 Å². The summed E-state index contributed by atoms with van der Waals surface area (Å²) in [6, 6.07) is 1.76. The number of amides is 1. The van der Waals surface area contributed by atoms with E-state index in [1.54, 1.807) is 12.4 Å². The monoisotopic (exact) mass is 342 g/mol. The summed E-state index contributed by atoms with van der Waals surface area (Å²) in [5.74, 6) is 1.02. The van der Waals surface area contributed by atoms with Crippen LogP contribution >= 0.6 is 0 Å². The van der Waals surface area contributed by atoms with Crippen LogP contribution in [0.3, 0.4) is 0 Å². The number of piperidine rings is 1. The summed E-state index contributed by atoms with van der Waals surface area (Å²) in [5.41, 5.74) is 0.400. The standard InChI is InChI=1S/C20H30N4O/c25-18(17-8-5-15-24(17)19-21-12-7-13-22-19)23-14-6-11-20(16-23)9-3-1-2-4-10-20/h7,12-13,17H,1-6,8-11,14-16H2. The van der Waals surface area contributed by atoms with Gasteiger partial charge in [-0.05, 0) is 50.0 Å². The Morgan fingerprint density at radius 2 is 1.68 bits per heavy atom. The molecule has 3 aliphatic rings. The van der Waals surface area contributed by atoms with E-state index in [1.165, 1.54) is 51.4 Å². The summed E-state index contributed by atoms with van der Waals surface area (Å²) in [4.78, 5) is 26.4. The molecule has 1 aliphatic carbocycles. The second kappa shape index (κ2) is 7.30. The number of aromatic nitrogens is 2. The first-order chi connectivity index (χ1) is 12.3. The summed E-state index contributed by atoms with van der Waals surface area (Å²) in [6.45, 7) is 2.80. The van der Waals surface area contributed by atoms with Crippen molar-refractivity contribution in [2.45, 2.75) is 70.3 Å². The number of rotatable bonds is 2. The van der Waals surface area contributed by atoms with Gasteiger partial charge in [0.2, 0.25) is 11.9 Å². The molecule has 25 heavy (non-hydrogen) atoms. The molecule has 2 aliphatic heterocycles. The fourth-order valence-electron chi connectivity index (χ4n) is 5.20. The third-order valence-corrected chi connectivity index (χ3v) is 6.48. The molecule has 1 spiro atoms. The highest BCUT2D eigenvalue weighted by molar-refractivity contribution is 5.85. The summed E-state index contributed by atoms with van der Waals surface area (Å²) in [6.07, 6.45) is 16.0. The van der Waals surface area contributed by atoms with Gasteiger partial charge in [0.25, 0.3) is 0 Å². The molecule has 136 valence electrons. The van der Waals surface area contributed by atoms with Crippen LogP contribution in [0.5, 0.6) is 0 Å². The Hall–Kier alpha value is -1.65. The van der Waals surface area contributed by atoms with Crippen LogP contribution < -0.4 is 4.90 Å². The molecule has 1 atom stereocenters. The molecule has 3 heterocycles. The minimum Gasteiger partial charge on any atom is -0.340 e. The lowest BCUT2D eigenvalue weighted by atomic mass is 9.74. The van der Waals surface area contributed by atoms with E-state index in [1.807, 2.05) is 6.07 Å². The highest BCUT2D eigenvalue weighted by Crippen LogP contribution is 2.42. The number of hydrogen-bond acceptors (Lipinski definition) is 4. The molecule has 2 saturated heterocycles. The average molecular weight is 342 g/mol. The minimum atomic E-state index is -0.0664. The van der Waals surface area contributed by atoms with E-state index in [-0.39, 0.29) is 6.04 Å². The zero-order valence-corrected chi connectivity index (χ0v) is 15.2. The van der Waals surface area contributed by atoms with E-state index >= 15 is 0 Å². The van der Waals surface area contributed by atoms with Gasteiger partial charge in [0, 0.05) is 32.0 Å². The van der Waals surface area contributed by atoms with Gasteiger partial charge in [0.1, 0.15) is 6.04 Å². The number of carbonyl (C=O) groups excluding carboxylic acids is 1. The molecule has 5 nitrogen and oxygen atoms in total. The van der Waals surface area contributed by atoms with Crippen molar-refractivity contribution in [2.75, 3.05) is 24.5 Å². The molecule has 1 saturated carbocycles. The van der Waals surface area contributed by atoms with Crippen molar-refractivity contribution in [3.05, 3.63) is 18.5 Å². The fraction of sp³-hybridized carbons (Fsp3) is 0.750. The molecule has 1 aromatic rings. The molecule has 1 aromatic heterocycles. The first-order valence-electron chi connectivity index (χ1n) is 10.1. The lowest BCUT2D eigenvalue weighted by Crippen LogP contribution is -2.52. The summed E-state index contributed by atoms with van der Waals surface area (Å²) < 4.78 is 0.